The lowest BCUT2D eigenvalue weighted by Gasteiger charge is -2.14. The number of aromatic nitrogens is 2. The Morgan fingerprint density at radius 2 is 1.80 bits per heavy atom. The number of rotatable bonds is 2. The van der Waals surface area contributed by atoms with Crippen LogP contribution in [0.3, 0.4) is 0 Å². The molecule has 0 unspecified atom stereocenters. The van der Waals surface area contributed by atoms with E-state index >= 15 is 0 Å². The third-order valence-electron chi connectivity index (χ3n) is 2.71. The number of ether oxygens (including phenoxy) is 1. The molecule has 1 heterocycles. The average molecular weight is 384 g/mol. The summed E-state index contributed by atoms with van der Waals surface area (Å²) in [6, 6.07) is 3.14. The summed E-state index contributed by atoms with van der Waals surface area (Å²) in [6.07, 6.45) is -10.1. The van der Waals surface area contributed by atoms with Gasteiger partial charge in [-0.1, -0.05) is 11.6 Å². The highest BCUT2D eigenvalue weighted by atomic mass is 35.5. The molecule has 1 aromatic carbocycles. The molecule has 0 aliphatic carbocycles. The maximum absolute atomic E-state index is 13.0. The van der Waals surface area contributed by atoms with Crippen molar-refractivity contribution in [2.45, 2.75) is 12.4 Å². The average Bonchev–Trinajstić information content (AvgIpc) is 2.48. The zero-order valence-corrected chi connectivity index (χ0v) is 12.3. The highest BCUT2D eigenvalue weighted by molar-refractivity contribution is 6.31. The van der Waals surface area contributed by atoms with Crippen molar-refractivity contribution in [1.82, 2.24) is 9.97 Å². The normalized spacial score (nSPS) is 11.9. The molecule has 0 spiro atoms. The van der Waals surface area contributed by atoms with Crippen LogP contribution in [0.25, 0.3) is 0 Å². The summed E-state index contributed by atoms with van der Waals surface area (Å²) < 4.78 is 81.9. The fourth-order valence-corrected chi connectivity index (χ4v) is 1.93. The number of aromatic amines is 1. The number of H-pyrrole nitrogens is 1. The topological polar surface area (TPSA) is 78.8 Å². The van der Waals surface area contributed by atoms with E-state index in [1.54, 1.807) is 4.98 Å². The van der Waals surface area contributed by atoms with Crippen molar-refractivity contribution in [1.29, 1.82) is 5.26 Å². The van der Waals surface area contributed by atoms with E-state index in [-0.39, 0.29) is 0 Å². The number of nitriles is 1. The summed E-state index contributed by atoms with van der Waals surface area (Å²) in [5, 5.41) is 7.85. The van der Waals surface area contributed by atoms with Crippen LogP contribution in [0.4, 0.5) is 26.3 Å². The minimum atomic E-state index is -5.19. The highest BCUT2D eigenvalue weighted by Crippen LogP contribution is 2.39. The molecule has 0 saturated carbocycles. The first kappa shape index (κ1) is 18.6. The summed E-state index contributed by atoms with van der Waals surface area (Å²) in [7, 11) is 0. The molecule has 132 valence electrons. The third-order valence-corrected chi connectivity index (χ3v) is 3.04. The van der Waals surface area contributed by atoms with Crippen LogP contribution in [0.15, 0.2) is 23.0 Å². The number of hydrogen-bond acceptors (Lipinski definition) is 4. The molecule has 0 atom stereocenters. The van der Waals surface area contributed by atoms with Crippen molar-refractivity contribution in [2.75, 3.05) is 0 Å². The van der Waals surface area contributed by atoms with Crippen molar-refractivity contribution < 1.29 is 31.1 Å². The van der Waals surface area contributed by atoms with Gasteiger partial charge in [-0.15, -0.1) is 0 Å². The van der Waals surface area contributed by atoms with Gasteiger partial charge in [0.1, 0.15) is 11.8 Å². The molecule has 5 nitrogen and oxygen atoms in total. The monoisotopic (exact) mass is 383 g/mol. The Bertz CT molecular complexity index is 914. The Kier molecular flexibility index (Phi) is 4.68. The molecular weight excluding hydrogens is 380 g/mol. The van der Waals surface area contributed by atoms with Crippen LogP contribution in [-0.4, -0.2) is 9.97 Å². The van der Waals surface area contributed by atoms with Crippen molar-refractivity contribution >= 4 is 11.6 Å². The van der Waals surface area contributed by atoms with Crippen molar-refractivity contribution in [3.63, 3.8) is 0 Å². The second-order valence-corrected chi connectivity index (χ2v) is 4.85. The van der Waals surface area contributed by atoms with Crippen LogP contribution in [0.5, 0.6) is 11.5 Å². The molecule has 1 aromatic heterocycles. The molecule has 0 bridgehead atoms. The van der Waals surface area contributed by atoms with Crippen molar-refractivity contribution in [3.8, 4) is 17.6 Å². The summed E-state index contributed by atoms with van der Waals surface area (Å²) in [5.74, 6) is -3.06. The SMILES string of the molecule is N#Cc1nc(C(F)(F)F)c(Oc2ccc(Cl)c(C(F)(F)F)c2)c(=O)[nH]1. The molecule has 0 aliphatic rings. The lowest BCUT2D eigenvalue weighted by Crippen LogP contribution is -2.21. The van der Waals surface area contributed by atoms with E-state index in [2.05, 4.69) is 9.72 Å². The quantitative estimate of drug-likeness (QED) is 0.791. The summed E-state index contributed by atoms with van der Waals surface area (Å²) in [6.45, 7) is 0. The molecule has 25 heavy (non-hydrogen) atoms. The largest absolute Gasteiger partial charge is 0.449 e. The van der Waals surface area contributed by atoms with Gasteiger partial charge in [0.15, 0.2) is 5.69 Å². The Morgan fingerprint density at radius 1 is 1.16 bits per heavy atom. The maximum atomic E-state index is 13.0. The van der Waals surface area contributed by atoms with E-state index in [1.807, 2.05) is 0 Å². The van der Waals surface area contributed by atoms with Crippen LogP contribution in [-0.2, 0) is 12.4 Å². The molecule has 0 fully saturated rings. The van der Waals surface area contributed by atoms with Crippen molar-refractivity contribution in [3.05, 3.63) is 50.7 Å². The molecule has 0 radical (unpaired) electrons. The van der Waals surface area contributed by atoms with E-state index in [1.165, 1.54) is 6.07 Å². The number of nitrogens with zero attached hydrogens (tertiary/aromatic N) is 2. The van der Waals surface area contributed by atoms with Gasteiger partial charge in [-0.05, 0) is 18.2 Å². The maximum Gasteiger partial charge on any atom is 0.437 e. The standard InChI is InChI=1S/C13H4ClF6N3O2/c14-7-2-1-5(3-6(7)12(15,16)17)25-9-10(13(18,19)20)22-8(4-21)23-11(9)24/h1-3H,(H,22,23,24). The lowest BCUT2D eigenvalue weighted by atomic mass is 10.2. The molecule has 12 heteroatoms. The van der Waals surface area contributed by atoms with Crippen molar-refractivity contribution in [2.24, 2.45) is 0 Å². The van der Waals surface area contributed by atoms with E-state index in [9.17, 15) is 31.1 Å². The minimum absolute atomic E-state index is 0.333. The van der Waals surface area contributed by atoms with Gasteiger partial charge < -0.3 is 4.74 Å². The van der Waals surface area contributed by atoms with Crippen LogP contribution in [0.1, 0.15) is 17.1 Å². The number of alkyl halides is 6. The predicted octanol–water partition coefficient (Wildman–Crippen LogP) is 4.12. The molecule has 2 rings (SSSR count). The second kappa shape index (κ2) is 6.29. The first-order valence-corrected chi connectivity index (χ1v) is 6.47. The van der Waals surface area contributed by atoms with Crippen LogP contribution >= 0.6 is 11.6 Å². The van der Waals surface area contributed by atoms with Gasteiger partial charge in [-0.2, -0.15) is 31.6 Å². The van der Waals surface area contributed by atoms with Gasteiger partial charge in [0.2, 0.25) is 11.6 Å². The van der Waals surface area contributed by atoms with Crippen LogP contribution < -0.4 is 10.3 Å². The van der Waals surface area contributed by atoms with Crippen LogP contribution in [0.2, 0.25) is 5.02 Å². The zero-order chi connectivity index (χ0) is 19.0. The molecule has 0 aliphatic heterocycles. The van der Waals surface area contributed by atoms with E-state index in [0.717, 1.165) is 12.1 Å². The number of benzene rings is 1. The third kappa shape index (κ3) is 4.03. The van der Waals surface area contributed by atoms with Gasteiger partial charge in [0.25, 0.3) is 5.56 Å². The first-order valence-electron chi connectivity index (χ1n) is 6.09. The molecular formula is C13H4ClF6N3O2. The Balaban J connectivity index is 2.59. The fraction of sp³-hybridized carbons (Fsp3) is 0.154. The summed E-state index contributed by atoms with van der Waals surface area (Å²) >= 11 is 5.39. The molecule has 2 aromatic rings. The molecule has 0 amide bonds. The number of hydrogen-bond donors (Lipinski definition) is 1. The predicted molar refractivity (Wildman–Crippen MR) is 71.1 cm³/mol. The molecule has 0 saturated heterocycles. The Hall–Kier alpha value is -2.74. The van der Waals surface area contributed by atoms with Gasteiger partial charge in [-0.25, -0.2) is 4.98 Å². The van der Waals surface area contributed by atoms with Gasteiger partial charge >= 0.3 is 12.4 Å². The minimum Gasteiger partial charge on any atom is -0.449 e. The molecule has 1 N–H and O–H groups in total. The van der Waals surface area contributed by atoms with E-state index in [0.29, 0.717) is 6.07 Å². The number of halogens is 7. The van der Waals surface area contributed by atoms with Gasteiger partial charge in [-0.3, -0.25) is 9.78 Å². The van der Waals surface area contributed by atoms with E-state index in [4.69, 9.17) is 16.9 Å². The Labute approximate surface area is 139 Å². The Morgan fingerprint density at radius 3 is 2.32 bits per heavy atom. The van der Waals surface area contributed by atoms with Gasteiger partial charge in [0, 0.05) is 0 Å². The zero-order valence-electron chi connectivity index (χ0n) is 11.6. The van der Waals surface area contributed by atoms with E-state index < -0.39 is 51.5 Å². The summed E-state index contributed by atoms with van der Waals surface area (Å²) in [5.41, 5.74) is -4.70. The lowest BCUT2D eigenvalue weighted by molar-refractivity contribution is -0.142. The number of nitrogens with one attached hydrogen (secondary N) is 1. The second-order valence-electron chi connectivity index (χ2n) is 4.44. The van der Waals surface area contributed by atoms with Crippen LogP contribution in [0, 0.1) is 11.3 Å². The highest BCUT2D eigenvalue weighted by Gasteiger charge is 2.39. The van der Waals surface area contributed by atoms with Gasteiger partial charge in [0.05, 0.1) is 10.6 Å². The summed E-state index contributed by atoms with van der Waals surface area (Å²) in [4.78, 5) is 16.3. The first-order chi connectivity index (χ1) is 11.4. The fourth-order valence-electron chi connectivity index (χ4n) is 1.71. The smallest absolute Gasteiger partial charge is 0.437 e.